The first-order valence-corrected chi connectivity index (χ1v) is 7.79. The minimum atomic E-state index is -0.514. The molecule has 1 aliphatic carbocycles. The fraction of sp³-hybridized carbons (Fsp3) is 0.529. The quantitative estimate of drug-likeness (QED) is 0.661. The predicted molar refractivity (Wildman–Crippen MR) is 85.2 cm³/mol. The number of anilines is 1. The van der Waals surface area contributed by atoms with Gasteiger partial charge < -0.3 is 15.8 Å². The number of rotatable bonds is 4. The Morgan fingerprint density at radius 2 is 1.91 bits per heavy atom. The Hall–Kier alpha value is -2.04. The summed E-state index contributed by atoms with van der Waals surface area (Å²) < 4.78 is 5.04. The molecular formula is C17H24N2O3. The third kappa shape index (κ3) is 4.23. The van der Waals surface area contributed by atoms with Gasteiger partial charge in [-0.15, -0.1) is 0 Å². The Balaban J connectivity index is 1.80. The van der Waals surface area contributed by atoms with Crippen LogP contribution in [0.25, 0.3) is 0 Å². The number of benzene rings is 1. The second-order valence-electron chi connectivity index (χ2n) is 6.14. The highest BCUT2D eigenvalue weighted by atomic mass is 16.5. The lowest BCUT2D eigenvalue weighted by molar-refractivity contribution is -0.125. The zero-order valence-electron chi connectivity index (χ0n) is 13.2. The molecule has 0 aliphatic heterocycles. The fourth-order valence-electron chi connectivity index (χ4n) is 2.87. The number of amides is 1. The van der Waals surface area contributed by atoms with E-state index in [0.29, 0.717) is 23.1 Å². The minimum Gasteiger partial charge on any atom is -0.452 e. The summed E-state index contributed by atoms with van der Waals surface area (Å²) in [4.78, 5) is 23.8. The molecule has 0 spiro atoms. The molecule has 0 saturated heterocycles. The van der Waals surface area contributed by atoms with Gasteiger partial charge in [-0.1, -0.05) is 26.7 Å². The molecule has 1 saturated carbocycles. The van der Waals surface area contributed by atoms with Crippen LogP contribution in [0.1, 0.15) is 43.5 Å². The minimum absolute atomic E-state index is 0.173. The van der Waals surface area contributed by atoms with Crippen LogP contribution in [-0.4, -0.2) is 24.5 Å². The molecule has 5 heteroatoms. The average molecular weight is 304 g/mol. The fourth-order valence-corrected chi connectivity index (χ4v) is 2.87. The number of hydrogen-bond acceptors (Lipinski definition) is 4. The lowest BCUT2D eigenvalue weighted by Gasteiger charge is -2.34. The zero-order chi connectivity index (χ0) is 16.1. The molecule has 1 aromatic rings. The van der Waals surface area contributed by atoms with Gasteiger partial charge in [-0.2, -0.15) is 0 Å². The highest BCUT2D eigenvalue weighted by Crippen LogP contribution is 2.29. The van der Waals surface area contributed by atoms with Crippen molar-refractivity contribution in [1.82, 2.24) is 5.32 Å². The largest absolute Gasteiger partial charge is 0.452 e. The number of nitrogen functional groups attached to an aromatic ring is 1. The first-order valence-electron chi connectivity index (χ1n) is 7.79. The molecule has 0 aromatic heterocycles. The van der Waals surface area contributed by atoms with E-state index in [4.69, 9.17) is 10.5 Å². The van der Waals surface area contributed by atoms with Crippen LogP contribution in [0.2, 0.25) is 0 Å². The zero-order valence-corrected chi connectivity index (χ0v) is 13.2. The first kappa shape index (κ1) is 16.3. The highest BCUT2D eigenvalue weighted by Gasteiger charge is 2.28. The molecule has 1 fully saturated rings. The van der Waals surface area contributed by atoms with Crippen LogP contribution >= 0.6 is 0 Å². The molecular weight excluding hydrogens is 280 g/mol. The van der Waals surface area contributed by atoms with E-state index >= 15 is 0 Å². The predicted octanol–water partition coefficient (Wildman–Crippen LogP) is 2.37. The van der Waals surface area contributed by atoms with Crippen LogP contribution in [0.4, 0.5) is 5.69 Å². The van der Waals surface area contributed by atoms with E-state index in [0.717, 1.165) is 12.8 Å². The summed E-state index contributed by atoms with van der Waals surface area (Å²) >= 11 is 0. The van der Waals surface area contributed by atoms with Gasteiger partial charge in [0.15, 0.2) is 6.61 Å². The number of hydrogen-bond donors (Lipinski definition) is 2. The summed E-state index contributed by atoms with van der Waals surface area (Å²) in [5.41, 5.74) is 6.53. The van der Waals surface area contributed by atoms with Gasteiger partial charge in [-0.3, -0.25) is 4.79 Å². The van der Waals surface area contributed by atoms with E-state index in [1.54, 1.807) is 24.3 Å². The maximum Gasteiger partial charge on any atom is 0.338 e. The van der Waals surface area contributed by atoms with Gasteiger partial charge in [0, 0.05) is 11.7 Å². The SMILES string of the molecule is C[C@@H]1[C@H](C)CCC[C@H]1NC(=O)COC(=O)c1ccc(N)cc1. The lowest BCUT2D eigenvalue weighted by Crippen LogP contribution is -2.45. The summed E-state index contributed by atoms with van der Waals surface area (Å²) in [6.07, 6.45) is 3.32. The molecule has 5 nitrogen and oxygen atoms in total. The third-order valence-corrected chi connectivity index (χ3v) is 4.53. The molecule has 0 unspecified atom stereocenters. The summed E-state index contributed by atoms with van der Waals surface area (Å²) in [5.74, 6) is 0.303. The topological polar surface area (TPSA) is 81.4 Å². The van der Waals surface area contributed by atoms with Gasteiger partial charge >= 0.3 is 5.97 Å². The normalized spacial score (nSPS) is 24.5. The molecule has 1 amide bonds. The highest BCUT2D eigenvalue weighted by molar-refractivity contribution is 5.91. The van der Waals surface area contributed by atoms with E-state index in [2.05, 4.69) is 19.2 Å². The van der Waals surface area contributed by atoms with Crippen LogP contribution < -0.4 is 11.1 Å². The molecule has 0 radical (unpaired) electrons. The summed E-state index contributed by atoms with van der Waals surface area (Å²) in [5, 5.41) is 2.98. The van der Waals surface area contributed by atoms with Crippen molar-refractivity contribution in [3.05, 3.63) is 29.8 Å². The smallest absolute Gasteiger partial charge is 0.338 e. The molecule has 3 atom stereocenters. The van der Waals surface area contributed by atoms with Crippen LogP contribution in [0.15, 0.2) is 24.3 Å². The molecule has 120 valence electrons. The Morgan fingerprint density at radius 1 is 1.23 bits per heavy atom. The van der Waals surface area contributed by atoms with E-state index in [-0.39, 0.29) is 18.6 Å². The molecule has 0 bridgehead atoms. The van der Waals surface area contributed by atoms with Gasteiger partial charge in [0.25, 0.3) is 5.91 Å². The number of nitrogens with one attached hydrogen (secondary N) is 1. The van der Waals surface area contributed by atoms with Crippen LogP contribution in [-0.2, 0) is 9.53 Å². The van der Waals surface area contributed by atoms with Gasteiger partial charge in [0.2, 0.25) is 0 Å². The third-order valence-electron chi connectivity index (χ3n) is 4.53. The van der Waals surface area contributed by atoms with Crippen molar-refractivity contribution in [2.45, 2.75) is 39.2 Å². The van der Waals surface area contributed by atoms with Crippen molar-refractivity contribution >= 4 is 17.6 Å². The van der Waals surface area contributed by atoms with Gasteiger partial charge in [-0.05, 0) is 42.5 Å². The first-order chi connectivity index (χ1) is 10.5. The van der Waals surface area contributed by atoms with Crippen molar-refractivity contribution < 1.29 is 14.3 Å². The van der Waals surface area contributed by atoms with Crippen molar-refractivity contribution in [1.29, 1.82) is 0 Å². The Kier molecular flexibility index (Phi) is 5.41. The van der Waals surface area contributed by atoms with Crippen molar-refractivity contribution in [3.8, 4) is 0 Å². The molecule has 3 N–H and O–H groups in total. The maximum absolute atomic E-state index is 11.9. The lowest BCUT2D eigenvalue weighted by atomic mass is 9.78. The van der Waals surface area contributed by atoms with E-state index in [1.165, 1.54) is 6.42 Å². The second kappa shape index (κ2) is 7.29. The number of ether oxygens (including phenoxy) is 1. The summed E-state index contributed by atoms with van der Waals surface area (Å²) in [6, 6.07) is 6.59. The molecule has 1 aliphatic rings. The molecule has 0 heterocycles. The van der Waals surface area contributed by atoms with Crippen molar-refractivity contribution in [2.24, 2.45) is 11.8 Å². The molecule has 1 aromatic carbocycles. The molecule has 2 rings (SSSR count). The van der Waals surface area contributed by atoms with Crippen LogP contribution in [0.5, 0.6) is 0 Å². The monoisotopic (exact) mass is 304 g/mol. The second-order valence-corrected chi connectivity index (χ2v) is 6.14. The van der Waals surface area contributed by atoms with E-state index in [9.17, 15) is 9.59 Å². The average Bonchev–Trinajstić information content (AvgIpc) is 2.50. The number of carbonyl (C=O) groups excluding carboxylic acids is 2. The van der Waals surface area contributed by atoms with Crippen molar-refractivity contribution in [3.63, 3.8) is 0 Å². The number of carbonyl (C=O) groups is 2. The van der Waals surface area contributed by atoms with Crippen LogP contribution in [0, 0.1) is 11.8 Å². The number of esters is 1. The van der Waals surface area contributed by atoms with Gasteiger partial charge in [0.1, 0.15) is 0 Å². The summed E-state index contributed by atoms with van der Waals surface area (Å²) in [7, 11) is 0. The molecule has 22 heavy (non-hydrogen) atoms. The van der Waals surface area contributed by atoms with E-state index < -0.39 is 5.97 Å². The van der Waals surface area contributed by atoms with Gasteiger partial charge in [0.05, 0.1) is 5.56 Å². The van der Waals surface area contributed by atoms with Crippen LogP contribution in [0.3, 0.4) is 0 Å². The Labute approximate surface area is 131 Å². The van der Waals surface area contributed by atoms with Gasteiger partial charge in [-0.25, -0.2) is 4.79 Å². The number of nitrogens with two attached hydrogens (primary N) is 1. The maximum atomic E-state index is 11.9. The standard InChI is InChI=1S/C17H24N2O3/c1-11-4-3-5-15(12(11)2)19-16(20)10-22-17(21)13-6-8-14(18)9-7-13/h6-9,11-12,15H,3-5,10,18H2,1-2H3,(H,19,20)/t11-,12-,15-/m1/s1. The Morgan fingerprint density at radius 3 is 2.59 bits per heavy atom. The Bertz CT molecular complexity index is 527. The summed E-state index contributed by atoms with van der Waals surface area (Å²) in [6.45, 7) is 4.13. The van der Waals surface area contributed by atoms with Crippen molar-refractivity contribution in [2.75, 3.05) is 12.3 Å². The van der Waals surface area contributed by atoms with E-state index in [1.807, 2.05) is 0 Å².